The third kappa shape index (κ3) is 4.54. The summed E-state index contributed by atoms with van der Waals surface area (Å²) in [5.41, 5.74) is 1.88. The molecule has 0 amide bonds. The van der Waals surface area contributed by atoms with Gasteiger partial charge in [0, 0.05) is 49.9 Å². The number of aliphatic hydroxyl groups excluding tert-OH is 1. The first-order valence-corrected chi connectivity index (χ1v) is 8.31. The normalized spacial score (nSPS) is 18.2. The number of hydrogen-bond acceptors (Lipinski definition) is 5. The number of piperazine rings is 1. The summed E-state index contributed by atoms with van der Waals surface area (Å²) in [5.74, 6) is 0.629. The molecule has 6 heteroatoms. The summed E-state index contributed by atoms with van der Waals surface area (Å²) < 4.78 is 5.58. The van der Waals surface area contributed by atoms with Gasteiger partial charge in [0.05, 0.1) is 11.8 Å². The molecule has 3 rings (SSSR count). The van der Waals surface area contributed by atoms with Crippen molar-refractivity contribution in [2.45, 2.75) is 19.6 Å². The second-order valence-electron chi connectivity index (χ2n) is 6.08. The third-order valence-corrected chi connectivity index (χ3v) is 4.27. The molecule has 1 atom stereocenters. The van der Waals surface area contributed by atoms with Gasteiger partial charge >= 0.3 is 0 Å². The number of nitrogens with zero attached hydrogens (tertiary/aromatic N) is 3. The van der Waals surface area contributed by atoms with Crippen molar-refractivity contribution in [1.82, 2.24) is 14.8 Å². The highest BCUT2D eigenvalue weighted by Crippen LogP contribution is 2.21. The molecule has 5 nitrogen and oxygen atoms in total. The van der Waals surface area contributed by atoms with Crippen molar-refractivity contribution in [1.29, 1.82) is 0 Å². The quantitative estimate of drug-likeness (QED) is 0.909. The van der Waals surface area contributed by atoms with Gasteiger partial charge in [0.1, 0.15) is 6.26 Å². The molecule has 2 aromatic rings. The van der Waals surface area contributed by atoms with E-state index in [1.54, 1.807) is 6.26 Å². The molecule has 1 aromatic carbocycles. The van der Waals surface area contributed by atoms with E-state index < -0.39 is 0 Å². The van der Waals surface area contributed by atoms with Crippen LogP contribution in [0.5, 0.6) is 0 Å². The Labute approximate surface area is 141 Å². The molecule has 23 heavy (non-hydrogen) atoms. The third-order valence-electron chi connectivity index (χ3n) is 4.02. The van der Waals surface area contributed by atoms with Crippen LogP contribution in [0.4, 0.5) is 0 Å². The average molecular weight is 336 g/mol. The van der Waals surface area contributed by atoms with Crippen LogP contribution in [0.1, 0.15) is 12.6 Å². The Morgan fingerprint density at radius 3 is 2.48 bits per heavy atom. The number of oxazole rings is 1. The van der Waals surface area contributed by atoms with Crippen LogP contribution in [0.2, 0.25) is 5.02 Å². The molecule has 1 aromatic heterocycles. The number of β-amino-alcohol motifs (C(OH)–C–C–N with tert-alkyl or cyclic N) is 1. The first kappa shape index (κ1) is 16.5. The monoisotopic (exact) mass is 335 g/mol. The Bertz CT molecular complexity index is 619. The van der Waals surface area contributed by atoms with Gasteiger partial charge in [-0.05, 0) is 31.2 Å². The van der Waals surface area contributed by atoms with Crippen LogP contribution in [0.3, 0.4) is 0 Å². The van der Waals surface area contributed by atoms with Gasteiger partial charge in [-0.3, -0.25) is 9.80 Å². The fourth-order valence-electron chi connectivity index (χ4n) is 2.84. The van der Waals surface area contributed by atoms with Crippen LogP contribution < -0.4 is 0 Å². The van der Waals surface area contributed by atoms with Crippen LogP contribution in [0.15, 0.2) is 34.9 Å². The number of aromatic nitrogens is 1. The summed E-state index contributed by atoms with van der Waals surface area (Å²) in [7, 11) is 0. The first-order chi connectivity index (χ1) is 11.1. The van der Waals surface area contributed by atoms with E-state index in [2.05, 4.69) is 14.8 Å². The summed E-state index contributed by atoms with van der Waals surface area (Å²) in [6, 6.07) is 7.49. The van der Waals surface area contributed by atoms with E-state index in [1.807, 2.05) is 31.2 Å². The number of halogens is 1. The zero-order chi connectivity index (χ0) is 16.2. The van der Waals surface area contributed by atoms with Crippen LogP contribution in [-0.4, -0.2) is 58.7 Å². The van der Waals surface area contributed by atoms with E-state index in [0.29, 0.717) is 10.9 Å². The van der Waals surface area contributed by atoms with E-state index in [4.69, 9.17) is 16.0 Å². The molecule has 0 radical (unpaired) electrons. The van der Waals surface area contributed by atoms with E-state index in [-0.39, 0.29) is 6.10 Å². The highest BCUT2D eigenvalue weighted by molar-refractivity contribution is 6.30. The maximum atomic E-state index is 9.45. The smallest absolute Gasteiger partial charge is 0.226 e. The number of benzene rings is 1. The van der Waals surface area contributed by atoms with Crippen LogP contribution in [0.25, 0.3) is 11.5 Å². The molecule has 124 valence electrons. The van der Waals surface area contributed by atoms with Gasteiger partial charge in [0.25, 0.3) is 0 Å². The molecule has 1 N–H and O–H groups in total. The summed E-state index contributed by atoms with van der Waals surface area (Å²) in [6.07, 6.45) is 1.46. The molecule has 1 aliphatic heterocycles. The molecule has 2 heterocycles. The Morgan fingerprint density at radius 1 is 1.17 bits per heavy atom. The summed E-state index contributed by atoms with van der Waals surface area (Å²) >= 11 is 5.90. The predicted molar refractivity (Wildman–Crippen MR) is 90.3 cm³/mol. The molecule has 0 spiro atoms. The maximum Gasteiger partial charge on any atom is 0.226 e. The molecule has 0 aliphatic carbocycles. The Kier molecular flexibility index (Phi) is 5.33. The van der Waals surface area contributed by atoms with Crippen LogP contribution >= 0.6 is 11.6 Å². The summed E-state index contributed by atoms with van der Waals surface area (Å²) in [4.78, 5) is 9.22. The Balaban J connectivity index is 1.55. The van der Waals surface area contributed by atoms with Gasteiger partial charge in [-0.1, -0.05) is 11.6 Å². The molecular weight excluding hydrogens is 314 g/mol. The number of aliphatic hydroxyl groups is 1. The highest BCUT2D eigenvalue weighted by Gasteiger charge is 2.19. The van der Waals surface area contributed by atoms with E-state index in [1.165, 1.54) is 0 Å². The largest absolute Gasteiger partial charge is 0.444 e. The Morgan fingerprint density at radius 2 is 1.83 bits per heavy atom. The van der Waals surface area contributed by atoms with Gasteiger partial charge < -0.3 is 9.52 Å². The van der Waals surface area contributed by atoms with Crippen LogP contribution in [0, 0.1) is 0 Å². The first-order valence-electron chi connectivity index (χ1n) is 7.93. The van der Waals surface area contributed by atoms with Gasteiger partial charge in [-0.2, -0.15) is 0 Å². The lowest BCUT2D eigenvalue weighted by atomic mass is 10.2. The molecular formula is C17H22ClN3O2. The van der Waals surface area contributed by atoms with Crippen molar-refractivity contribution >= 4 is 11.6 Å². The second-order valence-corrected chi connectivity index (χ2v) is 6.51. The van der Waals surface area contributed by atoms with Crippen molar-refractivity contribution in [3.05, 3.63) is 41.2 Å². The molecule has 0 unspecified atom stereocenters. The van der Waals surface area contributed by atoms with Crippen molar-refractivity contribution in [2.75, 3.05) is 32.7 Å². The summed E-state index contributed by atoms with van der Waals surface area (Å²) in [6.45, 7) is 7.30. The zero-order valence-corrected chi connectivity index (χ0v) is 14.0. The van der Waals surface area contributed by atoms with E-state index >= 15 is 0 Å². The zero-order valence-electron chi connectivity index (χ0n) is 13.3. The molecule has 0 saturated carbocycles. The minimum atomic E-state index is -0.265. The fraction of sp³-hybridized carbons (Fsp3) is 0.471. The topological polar surface area (TPSA) is 52.7 Å². The molecule has 1 saturated heterocycles. The van der Waals surface area contributed by atoms with Crippen molar-refractivity contribution < 1.29 is 9.52 Å². The lowest BCUT2D eigenvalue weighted by Crippen LogP contribution is -2.47. The molecule has 1 fully saturated rings. The van der Waals surface area contributed by atoms with Gasteiger partial charge in [-0.25, -0.2) is 4.98 Å². The van der Waals surface area contributed by atoms with Gasteiger partial charge in [-0.15, -0.1) is 0 Å². The average Bonchev–Trinajstić information content (AvgIpc) is 2.98. The summed E-state index contributed by atoms with van der Waals surface area (Å²) in [5, 5.41) is 10.2. The highest BCUT2D eigenvalue weighted by atomic mass is 35.5. The maximum absolute atomic E-state index is 9.45. The van der Waals surface area contributed by atoms with E-state index in [9.17, 15) is 5.11 Å². The lowest BCUT2D eigenvalue weighted by molar-refractivity contribution is 0.0776. The lowest BCUT2D eigenvalue weighted by Gasteiger charge is -2.34. The number of rotatable bonds is 5. The molecule has 0 bridgehead atoms. The predicted octanol–water partition coefficient (Wildman–Crippen LogP) is 2.49. The fourth-order valence-corrected chi connectivity index (χ4v) is 2.96. The standard InChI is InChI=1S/C17H22ClN3O2/c1-13(22)10-20-6-8-21(9-7-20)11-16-12-23-17(19-16)14-2-4-15(18)5-3-14/h2-5,12-13,22H,6-11H2,1H3/t13-/m1/s1. The Hall–Kier alpha value is -1.40. The number of hydrogen-bond donors (Lipinski definition) is 1. The van der Waals surface area contributed by atoms with Gasteiger partial charge in [0.15, 0.2) is 0 Å². The van der Waals surface area contributed by atoms with Crippen LogP contribution in [-0.2, 0) is 6.54 Å². The minimum Gasteiger partial charge on any atom is -0.444 e. The van der Waals surface area contributed by atoms with Crippen molar-refractivity contribution in [3.8, 4) is 11.5 Å². The van der Waals surface area contributed by atoms with Crippen molar-refractivity contribution in [3.63, 3.8) is 0 Å². The minimum absolute atomic E-state index is 0.265. The van der Waals surface area contributed by atoms with Crippen molar-refractivity contribution in [2.24, 2.45) is 0 Å². The SMILES string of the molecule is C[C@@H](O)CN1CCN(Cc2coc(-c3ccc(Cl)cc3)n2)CC1. The van der Waals surface area contributed by atoms with E-state index in [0.717, 1.165) is 50.5 Å². The second kappa shape index (κ2) is 7.45. The van der Waals surface area contributed by atoms with Gasteiger partial charge in [0.2, 0.25) is 5.89 Å². The molecule has 1 aliphatic rings.